The van der Waals surface area contributed by atoms with Gasteiger partial charge < -0.3 is 19.1 Å². The number of allylic oxidation sites excluding steroid dienone is 4. The van der Waals surface area contributed by atoms with Crippen molar-refractivity contribution in [2.45, 2.75) is 72.4 Å². The van der Waals surface area contributed by atoms with E-state index in [-0.39, 0.29) is 40.5 Å². The van der Waals surface area contributed by atoms with Gasteiger partial charge in [0, 0.05) is 61.0 Å². The maximum atomic E-state index is 14.1. The van der Waals surface area contributed by atoms with Crippen LogP contribution in [0.3, 0.4) is 0 Å². The molecule has 13 heteroatoms. The molecule has 0 amide bonds. The second kappa shape index (κ2) is 13.1. The van der Waals surface area contributed by atoms with Crippen molar-refractivity contribution in [2.75, 3.05) is 26.9 Å². The number of alkyl halides is 3. The van der Waals surface area contributed by atoms with Crippen molar-refractivity contribution >= 4 is 39.8 Å². The fourth-order valence-corrected chi connectivity index (χ4v) is 7.72. The number of ether oxygens (including phenoxy) is 3. The summed E-state index contributed by atoms with van der Waals surface area (Å²) in [6.45, 7) is 11.0. The number of hydrogen-bond donors (Lipinski definition) is 0. The smallest absolute Gasteiger partial charge is 0.416 e. The highest BCUT2D eigenvalue weighted by Crippen LogP contribution is 2.55. The number of carbonyl (C=O) groups is 2. The van der Waals surface area contributed by atoms with Gasteiger partial charge in [0.25, 0.3) is 0 Å². The number of nitrogens with zero attached hydrogens (tertiary/aromatic N) is 2. The van der Waals surface area contributed by atoms with Gasteiger partial charge in [-0.15, -0.1) is 0 Å². The molecular weight excluding hydrogens is 744 g/mol. The van der Waals surface area contributed by atoms with Crippen LogP contribution in [-0.2, 0) is 20.5 Å². The monoisotopic (exact) mass is 782 g/mol. The topological polar surface area (TPSA) is 108 Å². The summed E-state index contributed by atoms with van der Waals surface area (Å²) in [6, 6.07) is 5.48. The Morgan fingerprint density at radius 2 is 1.54 bits per heavy atom. The molecule has 0 atom stereocenters. The van der Waals surface area contributed by atoms with E-state index in [2.05, 4.69) is 32.6 Å². The van der Waals surface area contributed by atoms with E-state index >= 15 is 0 Å². The largest absolute Gasteiger partial charge is 0.490 e. The number of halogens is 4. The first kappa shape index (κ1) is 35.8. The van der Waals surface area contributed by atoms with Gasteiger partial charge in [0.15, 0.2) is 23.1 Å². The lowest BCUT2D eigenvalue weighted by molar-refractivity contribution is -0.385. The molecule has 0 bridgehead atoms. The summed E-state index contributed by atoms with van der Waals surface area (Å²) in [4.78, 5) is 41.2. The molecule has 1 heterocycles. The van der Waals surface area contributed by atoms with Crippen LogP contribution >= 0.6 is 22.6 Å². The summed E-state index contributed by atoms with van der Waals surface area (Å²) in [7, 11) is 1.61. The Hall–Kier alpha value is -3.46. The number of carbonyl (C=O) groups excluding carboxylic acids is 2. The highest BCUT2D eigenvalue weighted by molar-refractivity contribution is 14.1. The minimum Gasteiger partial charge on any atom is -0.490 e. The first-order valence-corrected chi connectivity index (χ1v) is 16.7. The van der Waals surface area contributed by atoms with Crippen LogP contribution in [0.15, 0.2) is 52.9 Å². The maximum Gasteiger partial charge on any atom is 0.416 e. The number of ketones is 2. The van der Waals surface area contributed by atoms with Crippen LogP contribution in [0.1, 0.15) is 77.3 Å². The van der Waals surface area contributed by atoms with E-state index in [1.54, 1.807) is 26.2 Å². The summed E-state index contributed by atoms with van der Waals surface area (Å²) in [5, 5.41) is 11.8. The van der Waals surface area contributed by atoms with Crippen LogP contribution in [0.5, 0.6) is 17.2 Å². The van der Waals surface area contributed by atoms with Gasteiger partial charge in [-0.3, -0.25) is 19.7 Å². The molecule has 258 valence electrons. The molecule has 2 aromatic rings. The zero-order valence-electron chi connectivity index (χ0n) is 27.7. The number of Topliss-reactive ketones (excluding diaryl/α,β-unsaturated/α-hetero) is 2. The number of hydrogen-bond acceptors (Lipinski definition) is 8. The summed E-state index contributed by atoms with van der Waals surface area (Å²) in [5.41, 5.74) is 0.823. The lowest BCUT2D eigenvalue weighted by atomic mass is 9.63. The molecule has 1 aliphatic heterocycles. The summed E-state index contributed by atoms with van der Waals surface area (Å²) >= 11 is 1.98. The van der Waals surface area contributed by atoms with Crippen LogP contribution < -0.4 is 9.47 Å². The van der Waals surface area contributed by atoms with E-state index in [0.29, 0.717) is 65.2 Å². The number of rotatable bonds is 9. The van der Waals surface area contributed by atoms with Crippen molar-refractivity contribution in [1.82, 2.24) is 4.90 Å². The maximum absolute atomic E-state index is 14.1. The molecule has 9 nitrogen and oxygen atoms in total. The Kier molecular flexibility index (Phi) is 9.78. The Morgan fingerprint density at radius 3 is 2.04 bits per heavy atom. The third-order valence-corrected chi connectivity index (χ3v) is 9.70. The van der Waals surface area contributed by atoms with Gasteiger partial charge >= 0.3 is 11.9 Å². The fraction of sp³-hybridized carbons (Fsp3) is 0.486. The van der Waals surface area contributed by atoms with Crippen molar-refractivity contribution < 1.29 is 41.9 Å². The molecule has 0 radical (unpaired) electrons. The lowest BCUT2D eigenvalue weighted by Crippen LogP contribution is -2.45. The molecule has 3 aliphatic rings. The van der Waals surface area contributed by atoms with E-state index in [1.165, 1.54) is 0 Å². The van der Waals surface area contributed by atoms with E-state index in [0.717, 1.165) is 23.5 Å². The predicted molar refractivity (Wildman–Crippen MR) is 180 cm³/mol. The van der Waals surface area contributed by atoms with E-state index in [9.17, 15) is 32.9 Å². The second-order valence-corrected chi connectivity index (χ2v) is 15.1. The molecule has 0 spiro atoms. The average molecular weight is 783 g/mol. The predicted octanol–water partition coefficient (Wildman–Crippen LogP) is 8.74. The van der Waals surface area contributed by atoms with Gasteiger partial charge in [0.05, 0.1) is 27.3 Å². The van der Waals surface area contributed by atoms with Crippen molar-refractivity contribution in [3.63, 3.8) is 0 Å². The number of methoxy groups -OCH3 is 1. The van der Waals surface area contributed by atoms with Crippen molar-refractivity contribution in [3.05, 3.63) is 77.7 Å². The second-order valence-electron chi connectivity index (χ2n) is 14.0. The Labute approximate surface area is 290 Å². The summed E-state index contributed by atoms with van der Waals surface area (Å²) < 4.78 is 57.8. The van der Waals surface area contributed by atoms with Crippen LogP contribution in [0.25, 0.3) is 0 Å². The average Bonchev–Trinajstić information content (AvgIpc) is 2.95. The van der Waals surface area contributed by atoms with Crippen LogP contribution in [0.4, 0.5) is 18.9 Å². The zero-order chi connectivity index (χ0) is 35.3. The van der Waals surface area contributed by atoms with Crippen LogP contribution in [0, 0.1) is 24.5 Å². The fourth-order valence-electron chi connectivity index (χ4n) is 6.98. The Balaban J connectivity index is 1.70. The standard InChI is InChI=1S/C35H38F3IN2O7/c1-7-47-28-13-19(12-21(39)32(28)48-27-9-8-20(35(36,37)38)14-22(27)41(44)45)29-30-23(15-33(2,3)17-25(30)42)40(10-11-46-6)24-16-34(4,5)18-26(43)31(24)29/h8-9,12-14,29H,7,10-11,15-18H2,1-6H3. The molecule has 0 saturated carbocycles. The molecule has 0 fully saturated rings. The molecule has 48 heavy (non-hydrogen) atoms. The van der Waals surface area contributed by atoms with E-state index in [4.69, 9.17) is 14.2 Å². The molecule has 2 aromatic carbocycles. The van der Waals surface area contributed by atoms with Crippen molar-refractivity contribution in [3.8, 4) is 17.2 Å². The Morgan fingerprint density at radius 1 is 0.958 bits per heavy atom. The highest BCUT2D eigenvalue weighted by Gasteiger charge is 2.49. The molecule has 0 saturated heterocycles. The van der Waals surface area contributed by atoms with Gasteiger partial charge in [0.2, 0.25) is 5.75 Å². The zero-order valence-corrected chi connectivity index (χ0v) is 29.8. The number of benzene rings is 2. The first-order valence-electron chi connectivity index (χ1n) is 15.7. The van der Waals surface area contributed by atoms with E-state index in [1.807, 2.05) is 22.6 Å². The van der Waals surface area contributed by atoms with Gasteiger partial charge in [-0.2, -0.15) is 13.2 Å². The summed E-state index contributed by atoms with van der Waals surface area (Å²) in [6.07, 6.45) is -2.94. The van der Waals surface area contributed by atoms with Crippen LogP contribution in [-0.4, -0.2) is 48.3 Å². The first-order chi connectivity index (χ1) is 22.4. The molecule has 2 aliphatic carbocycles. The number of nitro benzene ring substituents is 1. The molecular formula is C35H38F3IN2O7. The van der Waals surface area contributed by atoms with Gasteiger partial charge in [-0.1, -0.05) is 27.7 Å². The summed E-state index contributed by atoms with van der Waals surface area (Å²) in [5.74, 6) is -0.944. The molecule has 0 aromatic heterocycles. The molecule has 0 unspecified atom stereocenters. The minimum atomic E-state index is -4.78. The Bertz CT molecular complexity index is 1690. The van der Waals surface area contributed by atoms with Gasteiger partial charge in [-0.05, 0) is 83.0 Å². The quantitative estimate of drug-likeness (QED) is 0.141. The lowest BCUT2D eigenvalue weighted by Gasteiger charge is -2.49. The van der Waals surface area contributed by atoms with E-state index < -0.39 is 34.0 Å². The third-order valence-electron chi connectivity index (χ3n) is 8.90. The van der Waals surface area contributed by atoms with Gasteiger partial charge in [-0.25, -0.2) is 0 Å². The van der Waals surface area contributed by atoms with Crippen molar-refractivity contribution in [1.29, 1.82) is 0 Å². The minimum absolute atomic E-state index is 0.0495. The molecule has 5 rings (SSSR count). The van der Waals surface area contributed by atoms with Crippen molar-refractivity contribution in [2.24, 2.45) is 10.8 Å². The van der Waals surface area contributed by atoms with Crippen LogP contribution in [0.2, 0.25) is 0 Å². The third kappa shape index (κ3) is 6.98. The van der Waals surface area contributed by atoms with Gasteiger partial charge in [0.1, 0.15) is 0 Å². The number of nitro groups is 1. The highest BCUT2D eigenvalue weighted by atomic mass is 127. The SMILES string of the molecule is CCOc1cc(C2C3=C(CC(C)(C)CC3=O)N(CCOC)C3=C2C(=O)CC(C)(C)C3)cc(I)c1Oc1ccc(C(F)(F)F)cc1[N+](=O)[O-]. The normalized spacial score (nSPS) is 19.3. The molecule has 0 N–H and O–H groups in total.